The molecule has 1 heterocycles. The summed E-state index contributed by atoms with van der Waals surface area (Å²) in [5.74, 6) is -3.98. The van der Waals surface area contributed by atoms with E-state index in [1.54, 1.807) is 6.92 Å². The van der Waals surface area contributed by atoms with E-state index in [9.17, 15) is 17.6 Å². The van der Waals surface area contributed by atoms with E-state index in [2.05, 4.69) is 10.4 Å². The molecular weight excluding hydrogens is 228 g/mol. The number of halogens is 4. The van der Waals surface area contributed by atoms with Crippen LogP contribution in [-0.4, -0.2) is 28.7 Å². The lowest BCUT2D eigenvalue weighted by atomic mass is 10.3. The Labute approximate surface area is 89.4 Å². The van der Waals surface area contributed by atoms with Gasteiger partial charge in [-0.2, -0.15) is 13.9 Å². The van der Waals surface area contributed by atoms with Crippen molar-refractivity contribution in [1.29, 1.82) is 0 Å². The molecule has 8 heteroatoms. The second-order valence-electron chi connectivity index (χ2n) is 3.39. The summed E-state index contributed by atoms with van der Waals surface area (Å²) in [5, 5.41) is 6.02. The zero-order valence-corrected chi connectivity index (χ0v) is 8.77. The predicted octanol–water partition coefficient (Wildman–Crippen LogP) is 1.62. The molecule has 0 aliphatic rings. The smallest absolute Gasteiger partial charge is 0.324 e. The molecule has 0 aliphatic heterocycles. The Morgan fingerprint density at radius 3 is 2.44 bits per heavy atom. The van der Waals surface area contributed by atoms with E-state index in [1.807, 2.05) is 0 Å². The summed E-state index contributed by atoms with van der Waals surface area (Å²) in [6.07, 6.45) is -3.71. The number of aryl methyl sites for hydroxylation is 2. The van der Waals surface area contributed by atoms with Crippen molar-refractivity contribution < 1.29 is 17.6 Å². The minimum atomic E-state index is -4.09. The van der Waals surface area contributed by atoms with Gasteiger partial charge in [0, 0.05) is 7.05 Å². The highest BCUT2D eigenvalue weighted by molar-refractivity contribution is 5.64. The summed E-state index contributed by atoms with van der Waals surface area (Å²) in [7, 11) is 1.48. The molecule has 0 saturated carbocycles. The number of nitrogen functional groups attached to an aromatic ring is 1. The largest absolute Gasteiger partial charge is 0.394 e. The number of anilines is 2. The van der Waals surface area contributed by atoms with Gasteiger partial charge in [0.25, 0.3) is 0 Å². The third-order valence-corrected chi connectivity index (χ3v) is 2.08. The fourth-order valence-electron chi connectivity index (χ4n) is 1.16. The third-order valence-electron chi connectivity index (χ3n) is 2.08. The quantitative estimate of drug-likeness (QED) is 0.786. The van der Waals surface area contributed by atoms with Gasteiger partial charge in [-0.3, -0.25) is 4.68 Å². The first-order chi connectivity index (χ1) is 7.25. The monoisotopic (exact) mass is 240 g/mol. The van der Waals surface area contributed by atoms with Crippen LogP contribution >= 0.6 is 0 Å². The number of nitrogens with zero attached hydrogens (tertiary/aromatic N) is 2. The van der Waals surface area contributed by atoms with Crippen LogP contribution in [-0.2, 0) is 7.05 Å². The lowest BCUT2D eigenvalue weighted by Crippen LogP contribution is -2.35. The molecule has 3 N–H and O–H groups in total. The second-order valence-corrected chi connectivity index (χ2v) is 3.39. The number of rotatable bonds is 4. The first kappa shape index (κ1) is 12.6. The second kappa shape index (κ2) is 4.18. The maximum absolute atomic E-state index is 12.6. The molecule has 0 radical (unpaired) electrons. The van der Waals surface area contributed by atoms with Gasteiger partial charge < -0.3 is 11.1 Å². The Hall–Kier alpha value is -1.47. The average Bonchev–Trinajstić information content (AvgIpc) is 2.39. The summed E-state index contributed by atoms with van der Waals surface area (Å²) in [6, 6.07) is 0. The molecule has 16 heavy (non-hydrogen) atoms. The van der Waals surface area contributed by atoms with Gasteiger partial charge in [-0.25, -0.2) is 8.78 Å². The molecule has 1 rings (SSSR count). The summed E-state index contributed by atoms with van der Waals surface area (Å²) < 4.78 is 50.2. The molecule has 0 saturated heterocycles. The first-order valence-electron chi connectivity index (χ1n) is 4.44. The highest BCUT2D eigenvalue weighted by Crippen LogP contribution is 2.26. The van der Waals surface area contributed by atoms with Crippen LogP contribution in [0.25, 0.3) is 0 Å². The third kappa shape index (κ3) is 2.37. The van der Waals surface area contributed by atoms with Crippen LogP contribution in [0.15, 0.2) is 0 Å². The van der Waals surface area contributed by atoms with Crippen LogP contribution in [0.5, 0.6) is 0 Å². The van der Waals surface area contributed by atoms with E-state index in [0.717, 1.165) is 0 Å². The van der Waals surface area contributed by atoms with E-state index in [0.29, 0.717) is 5.69 Å². The fourth-order valence-corrected chi connectivity index (χ4v) is 1.16. The molecule has 1 aromatic heterocycles. The van der Waals surface area contributed by atoms with Crippen LogP contribution in [0, 0.1) is 6.92 Å². The Balaban J connectivity index is 2.75. The van der Waals surface area contributed by atoms with E-state index < -0.39 is 18.9 Å². The first-order valence-corrected chi connectivity index (χ1v) is 4.44. The van der Waals surface area contributed by atoms with Gasteiger partial charge in [-0.05, 0) is 6.92 Å². The lowest BCUT2D eigenvalue weighted by Gasteiger charge is -2.16. The molecule has 0 fully saturated rings. The minimum Gasteiger partial charge on any atom is -0.394 e. The Morgan fingerprint density at radius 1 is 1.50 bits per heavy atom. The van der Waals surface area contributed by atoms with E-state index in [-0.39, 0.29) is 11.5 Å². The molecule has 0 aromatic carbocycles. The van der Waals surface area contributed by atoms with Crippen molar-refractivity contribution in [1.82, 2.24) is 9.78 Å². The maximum atomic E-state index is 12.6. The van der Waals surface area contributed by atoms with Gasteiger partial charge in [0.2, 0.25) is 0 Å². The summed E-state index contributed by atoms with van der Waals surface area (Å²) >= 11 is 0. The van der Waals surface area contributed by atoms with Gasteiger partial charge in [0.05, 0.1) is 17.9 Å². The maximum Gasteiger partial charge on any atom is 0.324 e. The summed E-state index contributed by atoms with van der Waals surface area (Å²) in [4.78, 5) is 0. The molecule has 4 nitrogen and oxygen atoms in total. The molecule has 0 amide bonds. The van der Waals surface area contributed by atoms with Crippen molar-refractivity contribution in [3.8, 4) is 0 Å². The number of hydrogen-bond acceptors (Lipinski definition) is 3. The van der Waals surface area contributed by atoms with Gasteiger partial charge in [-0.15, -0.1) is 0 Å². The molecule has 92 valence electrons. The highest BCUT2D eigenvalue weighted by atomic mass is 19.3. The van der Waals surface area contributed by atoms with Crippen molar-refractivity contribution in [3.05, 3.63) is 5.69 Å². The molecule has 0 bridgehead atoms. The van der Waals surface area contributed by atoms with Crippen molar-refractivity contribution in [2.75, 3.05) is 17.6 Å². The molecule has 1 aromatic rings. The summed E-state index contributed by atoms with van der Waals surface area (Å²) in [6.45, 7) is 0.402. The normalized spacial score (nSPS) is 12.2. The fraction of sp³-hybridized carbons (Fsp3) is 0.625. The van der Waals surface area contributed by atoms with Crippen LogP contribution in [0.2, 0.25) is 0 Å². The van der Waals surface area contributed by atoms with E-state index in [4.69, 9.17) is 5.73 Å². The SMILES string of the molecule is Cc1nn(C)c(NCC(F)(F)C(F)F)c1N. The van der Waals surface area contributed by atoms with Gasteiger partial charge in [0.1, 0.15) is 5.82 Å². The van der Waals surface area contributed by atoms with Crippen molar-refractivity contribution in [2.45, 2.75) is 19.3 Å². The lowest BCUT2D eigenvalue weighted by molar-refractivity contribution is -0.117. The number of alkyl halides is 4. The number of hydrogen-bond donors (Lipinski definition) is 2. The zero-order chi connectivity index (χ0) is 12.5. The van der Waals surface area contributed by atoms with E-state index in [1.165, 1.54) is 11.7 Å². The van der Waals surface area contributed by atoms with Gasteiger partial charge >= 0.3 is 12.3 Å². The highest BCUT2D eigenvalue weighted by Gasteiger charge is 2.40. The van der Waals surface area contributed by atoms with Crippen molar-refractivity contribution >= 4 is 11.5 Å². The summed E-state index contributed by atoms with van der Waals surface area (Å²) in [5.41, 5.74) is 6.15. The molecule has 0 spiro atoms. The predicted molar refractivity (Wildman–Crippen MR) is 51.8 cm³/mol. The van der Waals surface area contributed by atoms with Gasteiger partial charge in [0.15, 0.2) is 0 Å². The molecule has 0 atom stereocenters. The molecular formula is C8H12F4N4. The molecule has 0 aliphatic carbocycles. The van der Waals surface area contributed by atoms with Crippen molar-refractivity contribution in [3.63, 3.8) is 0 Å². The van der Waals surface area contributed by atoms with Crippen LogP contribution in [0.3, 0.4) is 0 Å². The zero-order valence-electron chi connectivity index (χ0n) is 8.77. The van der Waals surface area contributed by atoms with Gasteiger partial charge in [-0.1, -0.05) is 0 Å². The minimum absolute atomic E-state index is 0.109. The Kier molecular flexibility index (Phi) is 3.30. The standard InChI is InChI=1S/C8H12F4N4/c1-4-5(13)6(16(2)15-4)14-3-8(11,12)7(9)10/h7,14H,3,13H2,1-2H3. The number of nitrogens with two attached hydrogens (primary N) is 1. The van der Waals surface area contributed by atoms with Crippen LogP contribution < -0.4 is 11.1 Å². The Morgan fingerprint density at radius 2 is 2.06 bits per heavy atom. The van der Waals surface area contributed by atoms with Crippen LogP contribution in [0.4, 0.5) is 29.1 Å². The molecule has 0 unspecified atom stereocenters. The number of aromatic nitrogens is 2. The topological polar surface area (TPSA) is 55.9 Å². The average molecular weight is 240 g/mol. The van der Waals surface area contributed by atoms with Crippen LogP contribution in [0.1, 0.15) is 5.69 Å². The van der Waals surface area contributed by atoms with Crippen molar-refractivity contribution in [2.24, 2.45) is 7.05 Å². The van der Waals surface area contributed by atoms with E-state index >= 15 is 0 Å². The Bertz CT molecular complexity index is 374. The number of nitrogens with one attached hydrogen (secondary N) is 1.